The minimum Gasteiger partial charge on any atom is -0.507 e. The molecule has 0 amide bonds. The summed E-state index contributed by atoms with van der Waals surface area (Å²) in [4.78, 5) is 0. The zero-order chi connectivity index (χ0) is 13.0. The van der Waals surface area contributed by atoms with Crippen molar-refractivity contribution in [2.75, 3.05) is 14.2 Å². The highest BCUT2D eigenvalue weighted by molar-refractivity contribution is 5.69. The van der Waals surface area contributed by atoms with E-state index in [0.717, 1.165) is 5.70 Å². The fourth-order valence-corrected chi connectivity index (χ4v) is 1.67. The SMILES string of the molecule is COc1cc(O)c(C=C2C=CC=CN2)c(OC)c1. The molecular formula is C14H15NO3. The van der Waals surface area contributed by atoms with Gasteiger partial charge in [-0.05, 0) is 18.2 Å². The third-order valence-electron chi connectivity index (χ3n) is 2.58. The maximum atomic E-state index is 9.99. The minimum absolute atomic E-state index is 0.114. The number of rotatable bonds is 3. The van der Waals surface area contributed by atoms with E-state index in [-0.39, 0.29) is 5.75 Å². The standard InChI is InChI=1S/C14H15NO3/c1-17-11-8-13(16)12(14(9-11)18-2)7-10-5-3-4-6-15-10/h3-9,15-16H,1-2H3. The van der Waals surface area contributed by atoms with Crippen molar-refractivity contribution in [1.29, 1.82) is 0 Å². The van der Waals surface area contributed by atoms with Gasteiger partial charge in [0.1, 0.15) is 17.2 Å². The summed E-state index contributed by atoms with van der Waals surface area (Å²) in [6, 6.07) is 3.28. The maximum Gasteiger partial charge on any atom is 0.133 e. The molecule has 0 unspecified atom stereocenters. The number of phenols is 1. The lowest BCUT2D eigenvalue weighted by Gasteiger charge is -2.12. The van der Waals surface area contributed by atoms with Crippen molar-refractivity contribution in [3.63, 3.8) is 0 Å². The quantitative estimate of drug-likeness (QED) is 0.858. The van der Waals surface area contributed by atoms with Gasteiger partial charge < -0.3 is 19.9 Å². The van der Waals surface area contributed by atoms with E-state index in [9.17, 15) is 5.11 Å². The number of ether oxygens (including phenoxy) is 2. The first-order valence-corrected chi connectivity index (χ1v) is 5.51. The molecule has 0 radical (unpaired) electrons. The predicted molar refractivity (Wildman–Crippen MR) is 70.6 cm³/mol. The van der Waals surface area contributed by atoms with Gasteiger partial charge in [0.05, 0.1) is 19.8 Å². The molecule has 0 aliphatic carbocycles. The number of hydrogen-bond acceptors (Lipinski definition) is 4. The number of nitrogens with one attached hydrogen (secondary N) is 1. The maximum absolute atomic E-state index is 9.99. The number of benzene rings is 1. The van der Waals surface area contributed by atoms with Crippen LogP contribution in [-0.2, 0) is 0 Å². The average Bonchev–Trinajstić information content (AvgIpc) is 2.42. The lowest BCUT2D eigenvalue weighted by molar-refractivity contribution is 0.384. The van der Waals surface area contributed by atoms with Gasteiger partial charge in [-0.2, -0.15) is 0 Å². The molecule has 2 rings (SSSR count). The van der Waals surface area contributed by atoms with Gasteiger partial charge in [0.2, 0.25) is 0 Å². The molecule has 1 aliphatic rings. The Morgan fingerprint density at radius 1 is 1.17 bits per heavy atom. The zero-order valence-electron chi connectivity index (χ0n) is 10.3. The molecule has 0 aromatic heterocycles. The Morgan fingerprint density at radius 3 is 2.61 bits per heavy atom. The third-order valence-corrected chi connectivity index (χ3v) is 2.58. The second-order valence-corrected chi connectivity index (χ2v) is 3.72. The largest absolute Gasteiger partial charge is 0.507 e. The Morgan fingerprint density at radius 2 is 2.00 bits per heavy atom. The van der Waals surface area contributed by atoms with Crippen LogP contribution in [0.15, 0.2) is 42.3 Å². The summed E-state index contributed by atoms with van der Waals surface area (Å²) in [5.74, 6) is 1.23. The molecule has 0 spiro atoms. The third kappa shape index (κ3) is 2.48. The number of methoxy groups -OCH3 is 2. The lowest BCUT2D eigenvalue weighted by Crippen LogP contribution is -2.04. The Hall–Kier alpha value is -2.36. The summed E-state index contributed by atoms with van der Waals surface area (Å²) in [7, 11) is 3.10. The second kappa shape index (κ2) is 5.31. The smallest absolute Gasteiger partial charge is 0.133 e. The number of allylic oxidation sites excluding steroid dienone is 3. The van der Waals surface area contributed by atoms with Gasteiger partial charge in [0.25, 0.3) is 0 Å². The van der Waals surface area contributed by atoms with Gasteiger partial charge in [-0.1, -0.05) is 6.08 Å². The molecule has 0 fully saturated rings. The molecule has 1 aliphatic heterocycles. The molecule has 1 aromatic rings. The molecule has 0 saturated heterocycles. The van der Waals surface area contributed by atoms with Crippen LogP contribution in [0, 0.1) is 0 Å². The molecule has 94 valence electrons. The Labute approximate surface area is 106 Å². The van der Waals surface area contributed by atoms with Crippen molar-refractivity contribution >= 4 is 6.08 Å². The number of dihydropyridines is 1. The molecule has 1 heterocycles. The van der Waals surface area contributed by atoms with Crippen LogP contribution in [0.4, 0.5) is 0 Å². The number of aromatic hydroxyl groups is 1. The fraction of sp³-hybridized carbons (Fsp3) is 0.143. The van der Waals surface area contributed by atoms with E-state index in [4.69, 9.17) is 9.47 Å². The van der Waals surface area contributed by atoms with E-state index in [2.05, 4.69) is 5.32 Å². The van der Waals surface area contributed by atoms with E-state index >= 15 is 0 Å². The summed E-state index contributed by atoms with van der Waals surface area (Å²) in [6.07, 6.45) is 9.34. The van der Waals surface area contributed by atoms with Crippen LogP contribution >= 0.6 is 0 Å². The molecule has 18 heavy (non-hydrogen) atoms. The van der Waals surface area contributed by atoms with Crippen molar-refractivity contribution < 1.29 is 14.6 Å². The Bertz CT molecular complexity index is 530. The second-order valence-electron chi connectivity index (χ2n) is 3.72. The van der Waals surface area contributed by atoms with E-state index < -0.39 is 0 Å². The summed E-state index contributed by atoms with van der Waals surface area (Å²) >= 11 is 0. The van der Waals surface area contributed by atoms with Crippen LogP contribution in [0.25, 0.3) is 6.08 Å². The van der Waals surface area contributed by atoms with Gasteiger partial charge in [0, 0.05) is 24.0 Å². The van der Waals surface area contributed by atoms with Crippen LogP contribution < -0.4 is 14.8 Å². The molecule has 4 nitrogen and oxygen atoms in total. The van der Waals surface area contributed by atoms with Crippen LogP contribution in [0.5, 0.6) is 17.2 Å². The summed E-state index contributed by atoms with van der Waals surface area (Å²) in [5.41, 5.74) is 1.48. The first-order valence-electron chi connectivity index (χ1n) is 5.51. The first kappa shape index (κ1) is 12.1. The minimum atomic E-state index is 0.114. The molecule has 4 heteroatoms. The zero-order valence-corrected chi connectivity index (χ0v) is 10.3. The molecular weight excluding hydrogens is 230 g/mol. The van der Waals surface area contributed by atoms with Crippen molar-refractivity contribution in [2.45, 2.75) is 0 Å². The van der Waals surface area contributed by atoms with Gasteiger partial charge in [0.15, 0.2) is 0 Å². The van der Waals surface area contributed by atoms with Crippen LogP contribution in [0.3, 0.4) is 0 Å². The monoisotopic (exact) mass is 245 g/mol. The van der Waals surface area contributed by atoms with Gasteiger partial charge >= 0.3 is 0 Å². The topological polar surface area (TPSA) is 50.7 Å². The van der Waals surface area contributed by atoms with E-state index in [0.29, 0.717) is 17.1 Å². The van der Waals surface area contributed by atoms with Crippen molar-refractivity contribution in [3.05, 3.63) is 47.8 Å². The molecule has 0 bridgehead atoms. The molecule has 0 saturated carbocycles. The average molecular weight is 245 g/mol. The Balaban J connectivity index is 2.43. The van der Waals surface area contributed by atoms with Gasteiger partial charge in [-0.15, -0.1) is 0 Å². The summed E-state index contributed by atoms with van der Waals surface area (Å²) in [6.45, 7) is 0. The number of hydrogen-bond donors (Lipinski definition) is 2. The van der Waals surface area contributed by atoms with E-state index in [1.807, 2.05) is 30.5 Å². The highest BCUT2D eigenvalue weighted by atomic mass is 16.5. The molecule has 2 N–H and O–H groups in total. The highest BCUT2D eigenvalue weighted by Crippen LogP contribution is 2.34. The van der Waals surface area contributed by atoms with E-state index in [1.54, 1.807) is 26.4 Å². The van der Waals surface area contributed by atoms with Crippen molar-refractivity contribution in [2.24, 2.45) is 0 Å². The highest BCUT2D eigenvalue weighted by Gasteiger charge is 2.10. The van der Waals surface area contributed by atoms with Crippen molar-refractivity contribution in [3.8, 4) is 17.2 Å². The van der Waals surface area contributed by atoms with Crippen LogP contribution in [0.1, 0.15) is 5.56 Å². The van der Waals surface area contributed by atoms with Gasteiger partial charge in [-0.25, -0.2) is 0 Å². The normalized spacial score (nSPS) is 15.6. The molecule has 0 atom stereocenters. The van der Waals surface area contributed by atoms with E-state index in [1.165, 1.54) is 0 Å². The fourth-order valence-electron chi connectivity index (χ4n) is 1.67. The van der Waals surface area contributed by atoms with Crippen LogP contribution in [-0.4, -0.2) is 19.3 Å². The lowest BCUT2D eigenvalue weighted by atomic mass is 10.1. The first-order chi connectivity index (χ1) is 8.74. The van der Waals surface area contributed by atoms with Gasteiger partial charge in [-0.3, -0.25) is 0 Å². The van der Waals surface area contributed by atoms with Crippen molar-refractivity contribution in [1.82, 2.24) is 5.32 Å². The summed E-state index contributed by atoms with van der Waals surface area (Å²) < 4.78 is 10.3. The Kier molecular flexibility index (Phi) is 3.57. The van der Waals surface area contributed by atoms with Crippen LogP contribution in [0.2, 0.25) is 0 Å². The number of phenolic OH excluding ortho intramolecular Hbond substituents is 1. The molecule has 1 aromatic carbocycles. The predicted octanol–water partition coefficient (Wildman–Crippen LogP) is 2.42. The summed E-state index contributed by atoms with van der Waals surface area (Å²) in [5, 5.41) is 13.1.